The number of hydrogen-bond donors (Lipinski definition) is 1. The molecule has 0 aromatic rings. The van der Waals surface area contributed by atoms with Crippen LogP contribution in [0.1, 0.15) is 13.8 Å². The van der Waals surface area contributed by atoms with Crippen molar-refractivity contribution in [1.82, 2.24) is 5.32 Å². The second-order valence-corrected chi connectivity index (χ2v) is 3.39. The summed E-state index contributed by atoms with van der Waals surface area (Å²) in [6.07, 6.45) is 8.13. The van der Waals surface area contributed by atoms with Gasteiger partial charge in [-0.25, -0.2) is 0 Å². The van der Waals surface area contributed by atoms with E-state index in [1.807, 2.05) is 19.1 Å². The lowest BCUT2D eigenvalue weighted by atomic mass is 10.0. The van der Waals surface area contributed by atoms with Crippen LogP contribution >= 0.6 is 0 Å². The second kappa shape index (κ2) is 4.08. The van der Waals surface area contributed by atoms with Crippen LogP contribution in [0.4, 0.5) is 0 Å². The van der Waals surface area contributed by atoms with Crippen LogP contribution in [0.5, 0.6) is 0 Å². The van der Waals surface area contributed by atoms with E-state index >= 15 is 0 Å². The number of hydrogen-bond acceptors (Lipinski definition) is 1. The number of carbonyl (C=O) groups excluding carboxylic acids is 1. The molecular weight excluding hydrogens is 162 g/mol. The molecule has 0 radical (unpaired) electrons. The van der Waals surface area contributed by atoms with Crippen molar-refractivity contribution >= 4 is 5.91 Å². The summed E-state index contributed by atoms with van der Waals surface area (Å²) in [4.78, 5) is 11.3. The van der Waals surface area contributed by atoms with E-state index in [2.05, 4.69) is 24.0 Å². The molecule has 0 saturated heterocycles. The zero-order valence-electron chi connectivity index (χ0n) is 8.08. The Morgan fingerprint density at radius 3 is 2.46 bits per heavy atom. The van der Waals surface area contributed by atoms with Gasteiger partial charge in [0.15, 0.2) is 0 Å². The average Bonchev–Trinajstić information content (AvgIpc) is 2.55. The Bertz CT molecular complexity index is 264. The number of carbonyl (C=O) groups is 1. The highest BCUT2D eigenvalue weighted by Gasteiger charge is 2.15. The number of amides is 1. The molecule has 1 amide bonds. The molecule has 2 nitrogen and oxygen atoms in total. The summed E-state index contributed by atoms with van der Waals surface area (Å²) < 4.78 is 0. The van der Waals surface area contributed by atoms with Crippen molar-refractivity contribution in [2.45, 2.75) is 19.9 Å². The van der Waals surface area contributed by atoms with Gasteiger partial charge in [0.05, 0.1) is 0 Å². The third-order valence-electron chi connectivity index (χ3n) is 2.10. The molecule has 2 heteroatoms. The summed E-state index contributed by atoms with van der Waals surface area (Å²) in [7, 11) is 0. The molecule has 1 N–H and O–H groups in total. The van der Waals surface area contributed by atoms with Gasteiger partial charge in [-0.1, -0.05) is 30.9 Å². The van der Waals surface area contributed by atoms with Gasteiger partial charge in [0.1, 0.15) is 0 Å². The van der Waals surface area contributed by atoms with Crippen molar-refractivity contribution < 1.29 is 4.79 Å². The van der Waals surface area contributed by atoms with Crippen molar-refractivity contribution in [3.63, 3.8) is 0 Å². The van der Waals surface area contributed by atoms with Crippen LogP contribution < -0.4 is 5.32 Å². The highest BCUT2D eigenvalue weighted by Crippen LogP contribution is 2.13. The monoisotopic (exact) mass is 177 g/mol. The van der Waals surface area contributed by atoms with Gasteiger partial charge in [0.25, 0.3) is 0 Å². The van der Waals surface area contributed by atoms with Crippen LogP contribution in [-0.4, -0.2) is 11.9 Å². The van der Waals surface area contributed by atoms with Crippen molar-refractivity contribution in [3.05, 3.63) is 36.5 Å². The van der Waals surface area contributed by atoms with Gasteiger partial charge in [0, 0.05) is 17.5 Å². The maximum Gasteiger partial charge on any atom is 0.246 e. The molecule has 0 saturated carbocycles. The van der Waals surface area contributed by atoms with Crippen molar-refractivity contribution in [2.24, 2.45) is 5.92 Å². The number of nitrogens with one attached hydrogen (secondary N) is 1. The second-order valence-electron chi connectivity index (χ2n) is 3.39. The van der Waals surface area contributed by atoms with E-state index < -0.39 is 0 Å². The lowest BCUT2D eigenvalue weighted by Crippen LogP contribution is -2.36. The highest BCUT2D eigenvalue weighted by molar-refractivity contribution is 5.92. The quantitative estimate of drug-likeness (QED) is 0.654. The first-order chi connectivity index (χ1) is 6.11. The molecule has 1 aliphatic rings. The summed E-state index contributed by atoms with van der Waals surface area (Å²) in [6.45, 7) is 7.29. The minimum atomic E-state index is -0.0683. The Kier molecular flexibility index (Phi) is 3.07. The minimum absolute atomic E-state index is 0.0683. The van der Waals surface area contributed by atoms with Crippen molar-refractivity contribution in [2.75, 3.05) is 0 Å². The maximum absolute atomic E-state index is 11.3. The molecule has 1 atom stereocenters. The smallest absolute Gasteiger partial charge is 0.246 e. The molecule has 13 heavy (non-hydrogen) atoms. The number of allylic oxidation sites excluding steroid dienone is 2. The number of rotatable bonds is 3. The van der Waals surface area contributed by atoms with E-state index in [0.717, 1.165) is 0 Å². The normalized spacial score (nSPS) is 17.4. The Morgan fingerprint density at radius 2 is 2.00 bits per heavy atom. The Labute approximate surface area is 79.0 Å². The van der Waals surface area contributed by atoms with Gasteiger partial charge in [-0.15, -0.1) is 0 Å². The van der Waals surface area contributed by atoms with E-state index in [9.17, 15) is 4.79 Å². The predicted octanol–water partition coefficient (Wildman–Crippen LogP) is 1.81. The van der Waals surface area contributed by atoms with Crippen LogP contribution in [0.3, 0.4) is 0 Å². The largest absolute Gasteiger partial charge is 0.349 e. The summed E-state index contributed by atoms with van der Waals surface area (Å²) >= 11 is 0. The first-order valence-corrected chi connectivity index (χ1v) is 4.42. The zero-order valence-corrected chi connectivity index (χ0v) is 8.08. The third-order valence-corrected chi connectivity index (χ3v) is 2.10. The maximum atomic E-state index is 11.3. The predicted molar refractivity (Wildman–Crippen MR) is 54.2 cm³/mol. The van der Waals surface area contributed by atoms with Gasteiger partial charge < -0.3 is 5.32 Å². The fourth-order valence-electron chi connectivity index (χ4n) is 1.21. The summed E-state index contributed by atoms with van der Waals surface area (Å²) in [6, 6.07) is 0.138. The average molecular weight is 177 g/mol. The molecule has 0 aromatic heterocycles. The Hall–Kier alpha value is -1.31. The molecule has 1 rings (SSSR count). The minimum Gasteiger partial charge on any atom is -0.349 e. The fourth-order valence-corrected chi connectivity index (χ4v) is 1.21. The van der Waals surface area contributed by atoms with E-state index in [4.69, 9.17) is 0 Å². The molecule has 1 aliphatic carbocycles. The van der Waals surface area contributed by atoms with Crippen LogP contribution in [0.25, 0.3) is 0 Å². The molecule has 0 spiro atoms. The summed E-state index contributed by atoms with van der Waals surface area (Å²) in [5.74, 6) is 0.254. The van der Waals surface area contributed by atoms with Crippen LogP contribution in [0, 0.1) is 5.92 Å². The van der Waals surface area contributed by atoms with E-state index in [-0.39, 0.29) is 11.9 Å². The molecule has 0 aliphatic heterocycles. The molecule has 0 bridgehead atoms. The third kappa shape index (κ3) is 2.58. The van der Waals surface area contributed by atoms with Gasteiger partial charge in [-0.2, -0.15) is 0 Å². The van der Waals surface area contributed by atoms with Gasteiger partial charge >= 0.3 is 0 Å². The van der Waals surface area contributed by atoms with Gasteiger partial charge in [0.2, 0.25) is 5.91 Å². The Morgan fingerprint density at radius 1 is 1.46 bits per heavy atom. The van der Waals surface area contributed by atoms with Gasteiger partial charge in [-0.3, -0.25) is 4.79 Å². The molecular formula is C11H15NO. The standard InChI is InChI=1S/C11H15NO/c1-8(2)11(13)12-9(3)10-6-4-5-7-10/h4-7,9-10H,1H2,2-3H3,(H,12,13)/t9-/m0/s1. The molecule has 70 valence electrons. The van der Waals surface area contributed by atoms with Gasteiger partial charge in [-0.05, 0) is 13.8 Å². The molecule has 0 fully saturated rings. The van der Waals surface area contributed by atoms with E-state index in [1.54, 1.807) is 6.92 Å². The molecule has 0 aromatic carbocycles. The Balaban J connectivity index is 2.45. The first-order valence-electron chi connectivity index (χ1n) is 4.42. The first kappa shape index (κ1) is 9.78. The fraction of sp³-hybridized carbons (Fsp3) is 0.364. The lowest BCUT2D eigenvalue weighted by Gasteiger charge is -2.17. The summed E-state index contributed by atoms with van der Waals surface area (Å²) in [5, 5.41) is 2.88. The zero-order chi connectivity index (χ0) is 9.84. The van der Waals surface area contributed by atoms with Crippen LogP contribution in [0.2, 0.25) is 0 Å². The lowest BCUT2D eigenvalue weighted by molar-refractivity contribution is -0.118. The molecule has 0 heterocycles. The van der Waals surface area contributed by atoms with Crippen molar-refractivity contribution in [3.8, 4) is 0 Å². The van der Waals surface area contributed by atoms with Crippen molar-refractivity contribution in [1.29, 1.82) is 0 Å². The van der Waals surface area contributed by atoms with Crippen LogP contribution in [0.15, 0.2) is 36.5 Å². The summed E-state index contributed by atoms with van der Waals surface area (Å²) in [5.41, 5.74) is 0.554. The highest BCUT2D eigenvalue weighted by atomic mass is 16.1. The van der Waals surface area contributed by atoms with E-state index in [1.165, 1.54) is 0 Å². The van der Waals surface area contributed by atoms with Crippen LogP contribution in [-0.2, 0) is 4.79 Å². The van der Waals surface area contributed by atoms with E-state index in [0.29, 0.717) is 11.5 Å². The molecule has 0 unspecified atom stereocenters. The SMILES string of the molecule is C=C(C)C(=O)N[C@@H](C)C1C=CC=C1. The topological polar surface area (TPSA) is 29.1 Å².